The Bertz CT molecular complexity index is 909. The smallest absolute Gasteiger partial charge is 0.206 e. The molecule has 0 atom stereocenters. The van der Waals surface area contributed by atoms with Crippen molar-refractivity contribution in [1.82, 2.24) is 4.68 Å². The third-order valence-electron chi connectivity index (χ3n) is 4.39. The van der Waals surface area contributed by atoms with Crippen molar-refractivity contribution in [1.29, 1.82) is 0 Å². The summed E-state index contributed by atoms with van der Waals surface area (Å²) in [6.45, 7) is 2.11. The fraction of sp³-hybridized carbons (Fsp3) is 0.368. The molecule has 3 heterocycles. The van der Waals surface area contributed by atoms with Gasteiger partial charge in [-0.25, -0.2) is 4.68 Å². The monoisotopic (exact) mass is 371 g/mol. The molecule has 4 nitrogen and oxygen atoms in total. The second-order valence-corrected chi connectivity index (χ2v) is 8.46. The van der Waals surface area contributed by atoms with Crippen LogP contribution >= 0.6 is 22.7 Å². The Morgan fingerprint density at radius 3 is 2.80 bits per heavy atom. The number of nitrogens with zero attached hydrogens (tertiary/aromatic N) is 3. The molecular weight excluding hydrogens is 350 g/mol. The Hall–Kier alpha value is -1.92. The van der Waals surface area contributed by atoms with Crippen LogP contribution in [-0.4, -0.2) is 16.9 Å². The Kier molecular flexibility index (Phi) is 4.99. The van der Waals surface area contributed by atoms with E-state index in [1.54, 1.807) is 28.9 Å². The zero-order chi connectivity index (χ0) is 17.1. The summed E-state index contributed by atoms with van der Waals surface area (Å²) >= 11 is 3.38. The highest BCUT2D eigenvalue weighted by atomic mass is 32.1. The van der Waals surface area contributed by atoms with Gasteiger partial charge in [-0.15, -0.1) is 22.7 Å². The minimum Gasteiger partial charge on any atom is -0.463 e. The molecule has 1 saturated carbocycles. The first kappa shape index (κ1) is 16.5. The Labute approximate surface area is 155 Å². The third-order valence-corrected chi connectivity index (χ3v) is 6.15. The Morgan fingerprint density at radius 1 is 1.20 bits per heavy atom. The SMILES string of the molecule is Cc1ccc(C=Nn2c(-c3ccco3)csc2=NC2CCCCC2)s1. The van der Waals surface area contributed by atoms with Crippen LogP contribution in [0.3, 0.4) is 0 Å². The molecule has 3 aromatic rings. The standard InChI is InChI=1S/C19H21N3OS2/c1-14-9-10-16(25-14)12-20-22-17(18-8-5-11-23-18)13-24-19(22)21-15-6-3-2-4-7-15/h5,8-13,15H,2-4,6-7H2,1H3. The van der Waals surface area contributed by atoms with Crippen LogP contribution in [-0.2, 0) is 0 Å². The van der Waals surface area contributed by atoms with E-state index in [-0.39, 0.29) is 0 Å². The summed E-state index contributed by atoms with van der Waals surface area (Å²) < 4.78 is 7.52. The summed E-state index contributed by atoms with van der Waals surface area (Å²) in [7, 11) is 0. The molecule has 0 spiro atoms. The van der Waals surface area contributed by atoms with Crippen LogP contribution in [0.5, 0.6) is 0 Å². The molecule has 0 aliphatic heterocycles. The predicted molar refractivity (Wildman–Crippen MR) is 104 cm³/mol. The molecule has 0 saturated heterocycles. The van der Waals surface area contributed by atoms with Gasteiger partial charge < -0.3 is 4.42 Å². The van der Waals surface area contributed by atoms with Crippen LogP contribution in [0.15, 0.2) is 50.4 Å². The van der Waals surface area contributed by atoms with Gasteiger partial charge in [-0.3, -0.25) is 4.99 Å². The average Bonchev–Trinajstić information content (AvgIpc) is 3.35. The Balaban J connectivity index is 1.73. The van der Waals surface area contributed by atoms with E-state index in [9.17, 15) is 0 Å². The van der Waals surface area contributed by atoms with E-state index < -0.39 is 0 Å². The molecule has 1 fully saturated rings. The largest absolute Gasteiger partial charge is 0.463 e. The summed E-state index contributed by atoms with van der Waals surface area (Å²) in [6, 6.07) is 8.50. The van der Waals surface area contributed by atoms with E-state index in [2.05, 4.69) is 24.4 Å². The zero-order valence-electron chi connectivity index (χ0n) is 14.2. The van der Waals surface area contributed by atoms with Crippen molar-refractivity contribution in [2.45, 2.75) is 45.1 Å². The molecule has 0 N–H and O–H groups in total. The van der Waals surface area contributed by atoms with E-state index >= 15 is 0 Å². The molecule has 0 amide bonds. The van der Waals surface area contributed by atoms with Crippen molar-refractivity contribution in [2.75, 3.05) is 0 Å². The quantitative estimate of drug-likeness (QED) is 0.574. The first-order chi connectivity index (χ1) is 12.3. The molecule has 1 aliphatic carbocycles. The summed E-state index contributed by atoms with van der Waals surface area (Å²) in [5.74, 6) is 0.820. The fourth-order valence-corrected chi connectivity index (χ4v) is 4.73. The van der Waals surface area contributed by atoms with Gasteiger partial charge in [0.1, 0.15) is 5.69 Å². The average molecular weight is 372 g/mol. The normalized spacial score (nSPS) is 16.9. The van der Waals surface area contributed by atoms with Crippen molar-refractivity contribution in [3.05, 3.63) is 50.5 Å². The maximum absolute atomic E-state index is 5.59. The van der Waals surface area contributed by atoms with Crippen LogP contribution in [0.4, 0.5) is 0 Å². The number of aryl methyl sites for hydroxylation is 1. The van der Waals surface area contributed by atoms with E-state index in [0.717, 1.165) is 21.1 Å². The molecule has 3 aromatic heterocycles. The molecular formula is C19H21N3OS2. The second-order valence-electron chi connectivity index (χ2n) is 6.31. The van der Waals surface area contributed by atoms with Gasteiger partial charge in [0.25, 0.3) is 0 Å². The molecule has 0 radical (unpaired) electrons. The minimum absolute atomic E-state index is 0.419. The van der Waals surface area contributed by atoms with Crippen LogP contribution in [0.1, 0.15) is 41.9 Å². The highest BCUT2D eigenvalue weighted by Gasteiger charge is 2.14. The lowest BCUT2D eigenvalue weighted by Gasteiger charge is -2.16. The van der Waals surface area contributed by atoms with E-state index in [1.165, 1.54) is 37.0 Å². The van der Waals surface area contributed by atoms with Gasteiger partial charge in [-0.2, -0.15) is 5.10 Å². The van der Waals surface area contributed by atoms with Crippen molar-refractivity contribution >= 4 is 28.9 Å². The molecule has 0 unspecified atom stereocenters. The predicted octanol–water partition coefficient (Wildman–Crippen LogP) is 5.30. The number of aromatic nitrogens is 1. The Morgan fingerprint density at radius 2 is 2.08 bits per heavy atom. The van der Waals surface area contributed by atoms with Crippen LogP contribution in [0, 0.1) is 6.92 Å². The zero-order valence-corrected chi connectivity index (χ0v) is 15.9. The van der Waals surface area contributed by atoms with E-state index in [1.807, 2.05) is 23.0 Å². The molecule has 25 heavy (non-hydrogen) atoms. The van der Waals surface area contributed by atoms with Gasteiger partial charge in [0.05, 0.1) is 18.5 Å². The minimum atomic E-state index is 0.419. The maximum Gasteiger partial charge on any atom is 0.206 e. The number of thiazole rings is 1. The molecule has 6 heteroatoms. The highest BCUT2D eigenvalue weighted by Crippen LogP contribution is 2.23. The lowest BCUT2D eigenvalue weighted by atomic mass is 9.96. The summed E-state index contributed by atoms with van der Waals surface area (Å²) in [6.07, 6.45) is 9.87. The van der Waals surface area contributed by atoms with Crippen LogP contribution in [0.25, 0.3) is 11.5 Å². The molecule has 0 aromatic carbocycles. The molecule has 1 aliphatic rings. The van der Waals surface area contributed by atoms with Gasteiger partial charge in [0.15, 0.2) is 5.76 Å². The fourth-order valence-electron chi connectivity index (χ4n) is 3.10. The van der Waals surface area contributed by atoms with Crippen LogP contribution in [0.2, 0.25) is 0 Å². The van der Waals surface area contributed by atoms with Gasteiger partial charge in [0, 0.05) is 15.1 Å². The van der Waals surface area contributed by atoms with Gasteiger partial charge in [-0.05, 0) is 44.0 Å². The van der Waals surface area contributed by atoms with Crippen molar-refractivity contribution < 1.29 is 4.42 Å². The van der Waals surface area contributed by atoms with Gasteiger partial charge in [-0.1, -0.05) is 19.3 Å². The van der Waals surface area contributed by atoms with E-state index in [0.29, 0.717) is 6.04 Å². The van der Waals surface area contributed by atoms with Crippen LogP contribution < -0.4 is 4.80 Å². The first-order valence-corrected chi connectivity index (χ1v) is 10.4. The maximum atomic E-state index is 5.59. The number of hydrogen-bond donors (Lipinski definition) is 0. The highest BCUT2D eigenvalue weighted by molar-refractivity contribution is 7.13. The summed E-state index contributed by atoms with van der Waals surface area (Å²) in [4.78, 5) is 8.37. The lowest BCUT2D eigenvalue weighted by Crippen LogP contribution is -2.18. The van der Waals surface area contributed by atoms with Crippen molar-refractivity contribution in [3.8, 4) is 11.5 Å². The van der Waals surface area contributed by atoms with Crippen molar-refractivity contribution in [3.63, 3.8) is 0 Å². The molecule has 130 valence electrons. The number of hydrogen-bond acceptors (Lipinski definition) is 5. The lowest BCUT2D eigenvalue weighted by molar-refractivity contribution is 0.435. The number of furan rings is 1. The summed E-state index contributed by atoms with van der Waals surface area (Å²) in [5.41, 5.74) is 0.953. The molecule has 4 rings (SSSR count). The third kappa shape index (κ3) is 3.85. The number of rotatable bonds is 4. The topological polar surface area (TPSA) is 42.8 Å². The molecule has 0 bridgehead atoms. The van der Waals surface area contributed by atoms with Gasteiger partial charge in [0.2, 0.25) is 4.80 Å². The second kappa shape index (κ2) is 7.54. The van der Waals surface area contributed by atoms with Gasteiger partial charge >= 0.3 is 0 Å². The summed E-state index contributed by atoms with van der Waals surface area (Å²) in [5, 5.41) is 6.81. The number of thiophene rings is 1. The first-order valence-electron chi connectivity index (χ1n) is 8.68. The van der Waals surface area contributed by atoms with E-state index in [4.69, 9.17) is 14.5 Å². The van der Waals surface area contributed by atoms with Crippen molar-refractivity contribution in [2.24, 2.45) is 10.1 Å².